The number of nitrogens with zero attached hydrogens (tertiary/aromatic N) is 2. The standard InChI is InChI=1S/C15H19ClN2O2/c1-12-15(9-19)18(11-17-12)7-4-8-20-10-13-5-2-3-6-14(13)16/h2-3,5-6,11,19H,4,7-10H2,1H3. The van der Waals surface area contributed by atoms with Crippen LogP contribution in [0.15, 0.2) is 30.6 Å². The smallest absolute Gasteiger partial charge is 0.0952 e. The van der Waals surface area contributed by atoms with Gasteiger partial charge in [0.25, 0.3) is 0 Å². The predicted molar refractivity (Wildman–Crippen MR) is 78.6 cm³/mol. The Morgan fingerprint density at radius 3 is 2.90 bits per heavy atom. The van der Waals surface area contributed by atoms with Gasteiger partial charge in [-0.1, -0.05) is 29.8 Å². The average molecular weight is 295 g/mol. The number of ether oxygens (including phenoxy) is 1. The van der Waals surface area contributed by atoms with Crippen molar-refractivity contribution in [3.05, 3.63) is 52.6 Å². The van der Waals surface area contributed by atoms with Crippen LogP contribution < -0.4 is 0 Å². The minimum Gasteiger partial charge on any atom is -0.390 e. The molecule has 0 amide bonds. The molecule has 0 atom stereocenters. The van der Waals surface area contributed by atoms with E-state index in [1.807, 2.05) is 35.8 Å². The summed E-state index contributed by atoms with van der Waals surface area (Å²) in [5.74, 6) is 0. The number of imidazole rings is 1. The largest absolute Gasteiger partial charge is 0.390 e. The summed E-state index contributed by atoms with van der Waals surface area (Å²) in [6.45, 7) is 3.88. The predicted octanol–water partition coefficient (Wildman–Crippen LogP) is 2.94. The Bertz CT molecular complexity index is 555. The number of aliphatic hydroxyl groups is 1. The highest BCUT2D eigenvalue weighted by Gasteiger charge is 2.05. The summed E-state index contributed by atoms with van der Waals surface area (Å²) >= 11 is 6.06. The minimum absolute atomic E-state index is 0.0202. The molecule has 0 saturated heterocycles. The summed E-state index contributed by atoms with van der Waals surface area (Å²) < 4.78 is 7.59. The van der Waals surface area contributed by atoms with E-state index in [1.54, 1.807) is 6.33 Å². The number of aryl methyl sites for hydroxylation is 2. The zero-order chi connectivity index (χ0) is 14.4. The van der Waals surface area contributed by atoms with E-state index < -0.39 is 0 Å². The van der Waals surface area contributed by atoms with Crippen molar-refractivity contribution in [1.29, 1.82) is 0 Å². The molecule has 0 saturated carbocycles. The van der Waals surface area contributed by atoms with E-state index in [2.05, 4.69) is 4.98 Å². The van der Waals surface area contributed by atoms with Crippen molar-refractivity contribution in [3.8, 4) is 0 Å². The maximum Gasteiger partial charge on any atom is 0.0952 e. The van der Waals surface area contributed by atoms with Crippen LogP contribution in [0.1, 0.15) is 23.4 Å². The van der Waals surface area contributed by atoms with Crippen molar-refractivity contribution in [1.82, 2.24) is 9.55 Å². The molecular formula is C15H19ClN2O2. The quantitative estimate of drug-likeness (QED) is 0.799. The first-order valence-corrected chi connectivity index (χ1v) is 7.02. The van der Waals surface area contributed by atoms with E-state index in [1.165, 1.54) is 0 Å². The van der Waals surface area contributed by atoms with Gasteiger partial charge in [-0.05, 0) is 25.0 Å². The second kappa shape index (κ2) is 7.43. The number of benzene rings is 1. The van der Waals surface area contributed by atoms with Gasteiger partial charge < -0.3 is 14.4 Å². The van der Waals surface area contributed by atoms with Gasteiger partial charge in [0.15, 0.2) is 0 Å². The van der Waals surface area contributed by atoms with Gasteiger partial charge in [-0.15, -0.1) is 0 Å². The summed E-state index contributed by atoms with van der Waals surface area (Å²) in [5.41, 5.74) is 2.75. The van der Waals surface area contributed by atoms with E-state index in [-0.39, 0.29) is 6.61 Å². The maximum absolute atomic E-state index is 9.26. The van der Waals surface area contributed by atoms with Gasteiger partial charge in [0.05, 0.1) is 30.9 Å². The second-order valence-electron chi connectivity index (χ2n) is 4.63. The number of hydrogen-bond acceptors (Lipinski definition) is 3. The summed E-state index contributed by atoms with van der Waals surface area (Å²) in [5, 5.41) is 10.00. The highest BCUT2D eigenvalue weighted by atomic mass is 35.5. The van der Waals surface area contributed by atoms with Crippen LogP contribution in [0, 0.1) is 6.92 Å². The molecule has 1 heterocycles. The van der Waals surface area contributed by atoms with Crippen LogP contribution in [0.4, 0.5) is 0 Å². The molecular weight excluding hydrogens is 276 g/mol. The van der Waals surface area contributed by atoms with Crippen molar-refractivity contribution < 1.29 is 9.84 Å². The van der Waals surface area contributed by atoms with Gasteiger partial charge in [0.2, 0.25) is 0 Å². The van der Waals surface area contributed by atoms with E-state index in [0.717, 1.165) is 34.9 Å². The van der Waals surface area contributed by atoms with Crippen molar-refractivity contribution in [2.75, 3.05) is 6.61 Å². The highest BCUT2D eigenvalue weighted by Crippen LogP contribution is 2.15. The number of rotatable bonds is 7. The molecule has 108 valence electrons. The maximum atomic E-state index is 9.26. The Morgan fingerprint density at radius 2 is 2.15 bits per heavy atom. The normalized spacial score (nSPS) is 10.9. The first-order valence-electron chi connectivity index (χ1n) is 6.65. The summed E-state index contributed by atoms with van der Waals surface area (Å²) in [6.07, 6.45) is 2.63. The fraction of sp³-hybridized carbons (Fsp3) is 0.400. The molecule has 0 aliphatic heterocycles. The van der Waals surface area contributed by atoms with Crippen molar-refractivity contribution >= 4 is 11.6 Å². The molecule has 20 heavy (non-hydrogen) atoms. The topological polar surface area (TPSA) is 47.3 Å². The molecule has 1 N–H and O–H groups in total. The lowest BCUT2D eigenvalue weighted by Crippen LogP contribution is -2.06. The number of halogens is 1. The molecule has 1 aromatic carbocycles. The molecule has 0 radical (unpaired) electrons. The van der Waals surface area contributed by atoms with E-state index in [9.17, 15) is 5.11 Å². The molecule has 0 fully saturated rings. The van der Waals surface area contributed by atoms with E-state index in [0.29, 0.717) is 13.2 Å². The zero-order valence-corrected chi connectivity index (χ0v) is 12.3. The van der Waals surface area contributed by atoms with Gasteiger partial charge >= 0.3 is 0 Å². The van der Waals surface area contributed by atoms with Crippen LogP contribution in [0.5, 0.6) is 0 Å². The number of hydrogen-bond donors (Lipinski definition) is 1. The lowest BCUT2D eigenvalue weighted by atomic mass is 10.2. The van der Waals surface area contributed by atoms with Crippen LogP contribution in [-0.2, 0) is 24.5 Å². The average Bonchev–Trinajstić information content (AvgIpc) is 2.80. The minimum atomic E-state index is 0.0202. The lowest BCUT2D eigenvalue weighted by Gasteiger charge is -2.08. The first-order chi connectivity index (χ1) is 9.72. The number of aliphatic hydroxyl groups excluding tert-OH is 1. The van der Waals surface area contributed by atoms with Crippen LogP contribution in [0.2, 0.25) is 5.02 Å². The Kier molecular flexibility index (Phi) is 5.59. The third-order valence-corrected chi connectivity index (χ3v) is 3.58. The Labute approximate surface area is 124 Å². The lowest BCUT2D eigenvalue weighted by molar-refractivity contribution is 0.115. The summed E-state index contributed by atoms with van der Waals surface area (Å²) in [6, 6.07) is 7.68. The van der Waals surface area contributed by atoms with E-state index >= 15 is 0 Å². The molecule has 0 aliphatic carbocycles. The molecule has 4 nitrogen and oxygen atoms in total. The van der Waals surface area contributed by atoms with Gasteiger partial charge in [0.1, 0.15) is 0 Å². The second-order valence-corrected chi connectivity index (χ2v) is 5.03. The van der Waals surface area contributed by atoms with Gasteiger partial charge in [-0.3, -0.25) is 0 Å². The molecule has 0 spiro atoms. The Morgan fingerprint density at radius 1 is 1.35 bits per heavy atom. The molecule has 5 heteroatoms. The Hall–Kier alpha value is -1.36. The van der Waals surface area contributed by atoms with Crippen LogP contribution in [-0.4, -0.2) is 21.3 Å². The molecule has 2 aromatic rings. The van der Waals surface area contributed by atoms with Gasteiger partial charge in [0, 0.05) is 18.2 Å². The van der Waals surface area contributed by atoms with Crippen molar-refractivity contribution in [2.45, 2.75) is 33.1 Å². The van der Waals surface area contributed by atoms with Crippen LogP contribution >= 0.6 is 11.6 Å². The molecule has 1 aromatic heterocycles. The van der Waals surface area contributed by atoms with E-state index in [4.69, 9.17) is 16.3 Å². The third-order valence-electron chi connectivity index (χ3n) is 3.21. The molecule has 0 unspecified atom stereocenters. The first kappa shape index (κ1) is 15.0. The monoisotopic (exact) mass is 294 g/mol. The highest BCUT2D eigenvalue weighted by molar-refractivity contribution is 6.31. The molecule has 0 aliphatic rings. The van der Waals surface area contributed by atoms with Crippen molar-refractivity contribution in [3.63, 3.8) is 0 Å². The summed E-state index contributed by atoms with van der Waals surface area (Å²) in [4.78, 5) is 4.19. The fourth-order valence-electron chi connectivity index (χ4n) is 2.04. The number of aromatic nitrogens is 2. The van der Waals surface area contributed by atoms with Crippen LogP contribution in [0.3, 0.4) is 0 Å². The fourth-order valence-corrected chi connectivity index (χ4v) is 2.23. The molecule has 2 rings (SSSR count). The zero-order valence-electron chi connectivity index (χ0n) is 11.6. The SMILES string of the molecule is Cc1ncn(CCCOCc2ccccc2Cl)c1CO. The molecule has 0 bridgehead atoms. The van der Waals surface area contributed by atoms with Gasteiger partial charge in [-0.25, -0.2) is 4.98 Å². The summed E-state index contributed by atoms with van der Waals surface area (Å²) in [7, 11) is 0. The third kappa shape index (κ3) is 3.82. The van der Waals surface area contributed by atoms with Crippen LogP contribution in [0.25, 0.3) is 0 Å². The van der Waals surface area contributed by atoms with Crippen molar-refractivity contribution in [2.24, 2.45) is 0 Å². The van der Waals surface area contributed by atoms with Gasteiger partial charge in [-0.2, -0.15) is 0 Å². The Balaban J connectivity index is 1.73.